The summed E-state index contributed by atoms with van der Waals surface area (Å²) in [6.07, 6.45) is 3.37. The molecule has 2 amide bonds. The molecule has 0 saturated heterocycles. The summed E-state index contributed by atoms with van der Waals surface area (Å²) in [6, 6.07) is 13.9. The van der Waals surface area contributed by atoms with Gasteiger partial charge in [0.1, 0.15) is 23.0 Å². The van der Waals surface area contributed by atoms with E-state index in [9.17, 15) is 4.79 Å². The number of H-pyrrole nitrogens is 1. The van der Waals surface area contributed by atoms with Crippen molar-refractivity contribution in [3.05, 3.63) is 66.7 Å². The Morgan fingerprint density at radius 2 is 1.65 bits per heavy atom. The molecule has 3 aromatic heterocycles. The molecule has 40 heavy (non-hydrogen) atoms. The molecule has 0 atom stereocenters. The Bertz CT molecular complexity index is 1670. The van der Waals surface area contributed by atoms with Crippen LogP contribution in [0.1, 0.15) is 26.6 Å². The van der Waals surface area contributed by atoms with Crippen LogP contribution in [0.2, 0.25) is 0 Å². The van der Waals surface area contributed by atoms with Crippen LogP contribution in [0.3, 0.4) is 0 Å². The highest BCUT2D eigenvalue weighted by molar-refractivity contribution is 6.01. The highest BCUT2D eigenvalue weighted by atomic mass is 16.5. The van der Waals surface area contributed by atoms with Gasteiger partial charge in [-0.1, -0.05) is 20.8 Å². The first-order valence-electron chi connectivity index (χ1n) is 12.6. The van der Waals surface area contributed by atoms with Crippen LogP contribution in [-0.2, 0) is 12.5 Å². The van der Waals surface area contributed by atoms with E-state index in [2.05, 4.69) is 51.5 Å². The van der Waals surface area contributed by atoms with Gasteiger partial charge in [0.05, 0.1) is 25.4 Å². The number of imidazole rings is 1. The van der Waals surface area contributed by atoms with Gasteiger partial charge in [-0.2, -0.15) is 5.10 Å². The summed E-state index contributed by atoms with van der Waals surface area (Å²) >= 11 is 0. The third-order valence-corrected chi connectivity index (χ3v) is 6.27. The van der Waals surface area contributed by atoms with Crippen LogP contribution in [0.5, 0.6) is 23.0 Å². The number of urea groups is 1. The average Bonchev–Trinajstić information content (AvgIpc) is 3.54. The fourth-order valence-electron chi connectivity index (χ4n) is 4.16. The first kappa shape index (κ1) is 26.5. The largest absolute Gasteiger partial charge is 0.493 e. The molecule has 0 unspecified atom stereocenters. The number of amides is 2. The Kier molecular flexibility index (Phi) is 7.03. The monoisotopic (exact) mass is 541 g/mol. The number of carbonyl (C=O) groups excluding carboxylic acids is 1. The number of hydrogen-bond donors (Lipinski definition) is 3. The summed E-state index contributed by atoms with van der Waals surface area (Å²) in [7, 11) is 5.00. The molecule has 2 aromatic carbocycles. The summed E-state index contributed by atoms with van der Waals surface area (Å²) in [5, 5.41) is 10.7. The number of anilines is 2. The van der Waals surface area contributed by atoms with E-state index < -0.39 is 6.03 Å². The predicted octanol–water partition coefficient (Wildman–Crippen LogP) is 6.11. The zero-order valence-electron chi connectivity index (χ0n) is 23.2. The number of aryl methyl sites for hydroxylation is 1. The lowest BCUT2D eigenvalue weighted by atomic mass is 9.96. The minimum atomic E-state index is -0.426. The molecule has 206 valence electrons. The van der Waals surface area contributed by atoms with Gasteiger partial charge in [-0.15, -0.1) is 0 Å². The Hall–Kier alpha value is -5.06. The van der Waals surface area contributed by atoms with Crippen LogP contribution in [0.25, 0.3) is 22.3 Å². The highest BCUT2D eigenvalue weighted by Crippen LogP contribution is 2.37. The smallest absolute Gasteiger partial charge is 0.324 e. The third-order valence-electron chi connectivity index (χ3n) is 6.27. The van der Waals surface area contributed by atoms with E-state index >= 15 is 0 Å². The van der Waals surface area contributed by atoms with E-state index in [1.807, 2.05) is 19.2 Å². The molecule has 0 aliphatic carbocycles. The highest BCUT2D eigenvalue weighted by Gasteiger charge is 2.24. The summed E-state index contributed by atoms with van der Waals surface area (Å²) in [6.45, 7) is 6.15. The molecule has 0 fully saturated rings. The molecule has 0 radical (unpaired) electrons. The minimum Gasteiger partial charge on any atom is -0.493 e. The van der Waals surface area contributed by atoms with Crippen LogP contribution in [0.4, 0.5) is 16.3 Å². The van der Waals surface area contributed by atoms with Crippen molar-refractivity contribution in [3.8, 4) is 34.4 Å². The second-order valence-electron chi connectivity index (χ2n) is 10.1. The van der Waals surface area contributed by atoms with Crippen molar-refractivity contribution in [2.45, 2.75) is 26.2 Å². The number of benzene rings is 2. The van der Waals surface area contributed by atoms with Crippen LogP contribution in [0, 0.1) is 0 Å². The summed E-state index contributed by atoms with van der Waals surface area (Å²) in [5.41, 5.74) is 2.55. The number of ether oxygens (including phenoxy) is 3. The number of methoxy groups -OCH3 is 2. The molecule has 0 bridgehead atoms. The second kappa shape index (κ2) is 10.6. The molecule has 11 heteroatoms. The van der Waals surface area contributed by atoms with Gasteiger partial charge in [-0.05, 0) is 42.5 Å². The summed E-state index contributed by atoms with van der Waals surface area (Å²) < 4.78 is 18.7. The third kappa shape index (κ3) is 5.39. The lowest BCUT2D eigenvalue weighted by Gasteiger charge is -2.14. The number of pyridine rings is 1. The molecule has 11 nitrogen and oxygen atoms in total. The maximum atomic E-state index is 12.9. The van der Waals surface area contributed by atoms with E-state index in [-0.39, 0.29) is 5.41 Å². The number of fused-ring (bicyclic) bond motifs is 1. The Balaban J connectivity index is 1.31. The van der Waals surface area contributed by atoms with Gasteiger partial charge >= 0.3 is 6.03 Å². The lowest BCUT2D eigenvalue weighted by molar-refractivity contribution is 0.262. The van der Waals surface area contributed by atoms with Gasteiger partial charge in [0.2, 0.25) is 0 Å². The Morgan fingerprint density at radius 3 is 2.30 bits per heavy atom. The van der Waals surface area contributed by atoms with Crippen LogP contribution in [0.15, 0.2) is 60.9 Å². The summed E-state index contributed by atoms with van der Waals surface area (Å²) in [5.74, 6) is 3.54. The van der Waals surface area contributed by atoms with Gasteiger partial charge in [0, 0.05) is 42.0 Å². The van der Waals surface area contributed by atoms with Crippen molar-refractivity contribution < 1.29 is 19.0 Å². The topological polar surface area (TPSA) is 128 Å². The van der Waals surface area contributed by atoms with Crippen molar-refractivity contribution >= 4 is 28.4 Å². The number of carbonyl (C=O) groups is 1. The van der Waals surface area contributed by atoms with Crippen molar-refractivity contribution in [2.75, 3.05) is 24.9 Å². The number of nitrogens with one attached hydrogen (secondary N) is 3. The first-order chi connectivity index (χ1) is 19.2. The lowest BCUT2D eigenvalue weighted by Crippen LogP contribution is -2.20. The van der Waals surface area contributed by atoms with Gasteiger partial charge < -0.3 is 24.5 Å². The van der Waals surface area contributed by atoms with Crippen molar-refractivity contribution in [2.24, 2.45) is 7.05 Å². The normalized spacial score (nSPS) is 11.3. The molecule has 5 aromatic rings. The van der Waals surface area contributed by atoms with Crippen LogP contribution < -0.4 is 24.8 Å². The Morgan fingerprint density at radius 1 is 0.925 bits per heavy atom. The number of nitrogens with zero attached hydrogens (tertiary/aromatic N) is 4. The van der Waals surface area contributed by atoms with Crippen LogP contribution in [-0.4, -0.2) is 45.0 Å². The van der Waals surface area contributed by atoms with E-state index in [1.165, 1.54) is 0 Å². The number of aromatic amines is 1. The van der Waals surface area contributed by atoms with Crippen molar-refractivity contribution in [1.29, 1.82) is 0 Å². The zero-order chi connectivity index (χ0) is 28.4. The first-order valence-corrected chi connectivity index (χ1v) is 12.6. The molecular formula is C29H31N7O4. The molecule has 0 saturated carbocycles. The van der Waals surface area contributed by atoms with Gasteiger partial charge in [-0.3, -0.25) is 15.0 Å². The van der Waals surface area contributed by atoms with E-state index in [0.29, 0.717) is 45.7 Å². The molecule has 0 aliphatic rings. The average molecular weight is 542 g/mol. The predicted molar refractivity (Wildman–Crippen MR) is 153 cm³/mol. The SMILES string of the molecule is COc1cc2nccc(Oc3ccc(NC(=O)Nc4nc(C(C)(C)C)[nH]c4-c4ccnn4C)cc3)c2cc1OC. The molecular weight excluding hydrogens is 510 g/mol. The molecule has 0 spiro atoms. The maximum absolute atomic E-state index is 12.9. The summed E-state index contributed by atoms with van der Waals surface area (Å²) in [4.78, 5) is 25.3. The van der Waals surface area contributed by atoms with Crippen molar-refractivity contribution in [1.82, 2.24) is 24.7 Å². The number of aromatic nitrogens is 5. The number of hydrogen-bond acceptors (Lipinski definition) is 7. The molecule has 3 heterocycles. The van der Waals surface area contributed by atoms with Crippen LogP contribution >= 0.6 is 0 Å². The quantitative estimate of drug-likeness (QED) is 0.227. The van der Waals surface area contributed by atoms with E-state index in [1.54, 1.807) is 67.7 Å². The van der Waals surface area contributed by atoms with E-state index in [0.717, 1.165) is 16.9 Å². The second-order valence-corrected chi connectivity index (χ2v) is 10.1. The minimum absolute atomic E-state index is 0.239. The van der Waals surface area contributed by atoms with E-state index in [4.69, 9.17) is 14.2 Å². The Labute approximate surface area is 231 Å². The molecule has 0 aliphatic heterocycles. The molecule has 3 N–H and O–H groups in total. The maximum Gasteiger partial charge on any atom is 0.324 e. The standard InChI is InChI=1S/C29H31N7O4/c1-29(2,3)27-33-25(21-11-14-31-36(21)4)26(34-27)35-28(37)32-17-7-9-18(10-8-17)40-22-12-13-30-20-16-24(39-6)23(38-5)15-19(20)22/h7-16H,1-6H3,(H,33,34)(H2,32,35,37). The van der Waals surface area contributed by atoms with Gasteiger partial charge in [0.25, 0.3) is 0 Å². The van der Waals surface area contributed by atoms with Gasteiger partial charge in [0.15, 0.2) is 17.3 Å². The zero-order valence-corrected chi connectivity index (χ0v) is 23.2. The fraction of sp³-hybridized carbons (Fsp3) is 0.241. The van der Waals surface area contributed by atoms with Crippen molar-refractivity contribution in [3.63, 3.8) is 0 Å². The number of rotatable bonds is 7. The fourth-order valence-corrected chi connectivity index (χ4v) is 4.16. The molecule has 5 rings (SSSR count). The van der Waals surface area contributed by atoms with Gasteiger partial charge in [-0.25, -0.2) is 9.78 Å².